The number of hydrogen-bond acceptors (Lipinski definition) is 10. The van der Waals surface area contributed by atoms with E-state index in [1.165, 1.54) is 11.3 Å². The number of aliphatic carboxylic acids is 1. The Morgan fingerprint density at radius 1 is 0.846 bits per heavy atom. The summed E-state index contributed by atoms with van der Waals surface area (Å²) in [6, 6.07) is 35.0. The van der Waals surface area contributed by atoms with Crippen LogP contribution in [0.3, 0.4) is 0 Å². The van der Waals surface area contributed by atoms with E-state index in [0.29, 0.717) is 23.8 Å². The van der Waals surface area contributed by atoms with Crippen LogP contribution in [0.5, 0.6) is 5.75 Å². The fourth-order valence-corrected chi connectivity index (χ4v) is 8.45. The summed E-state index contributed by atoms with van der Waals surface area (Å²) in [4.78, 5) is 53.6. The number of amides is 2. The molecule has 2 aliphatic heterocycles. The molecule has 18 heteroatoms. The fraction of sp³-hybridized carbons (Fsp3) is 0.319. The third-order valence-corrected chi connectivity index (χ3v) is 11.4. The van der Waals surface area contributed by atoms with Gasteiger partial charge in [-0.2, -0.15) is 18.2 Å². The number of anilines is 1. The van der Waals surface area contributed by atoms with Crippen LogP contribution in [-0.4, -0.2) is 94.2 Å². The van der Waals surface area contributed by atoms with E-state index in [9.17, 15) is 32.7 Å². The van der Waals surface area contributed by atoms with Gasteiger partial charge in [-0.1, -0.05) is 102 Å². The molecule has 1 unspecified atom stereocenters. The van der Waals surface area contributed by atoms with Gasteiger partial charge in [0.15, 0.2) is 11.7 Å². The molecule has 3 heterocycles. The van der Waals surface area contributed by atoms with Crippen LogP contribution in [0.15, 0.2) is 125 Å². The maximum absolute atomic E-state index is 13.5. The minimum absolute atomic E-state index is 0.0180. The number of carboxylic acid groups (broad SMARTS) is 1. The van der Waals surface area contributed by atoms with Gasteiger partial charge in [0.2, 0.25) is 11.7 Å². The van der Waals surface area contributed by atoms with E-state index in [1.54, 1.807) is 54.2 Å². The highest BCUT2D eigenvalue weighted by Gasteiger charge is 2.41. The summed E-state index contributed by atoms with van der Waals surface area (Å²) in [5, 5.41) is 22.4. The van der Waals surface area contributed by atoms with Gasteiger partial charge < -0.3 is 39.9 Å². The van der Waals surface area contributed by atoms with E-state index in [4.69, 9.17) is 14.3 Å². The summed E-state index contributed by atoms with van der Waals surface area (Å²) in [5.74, 6) is -3.33. The largest absolute Gasteiger partial charge is 0.490 e. The minimum Gasteiger partial charge on any atom is -0.490 e. The molecule has 7 rings (SSSR count). The Morgan fingerprint density at radius 3 is 2.05 bits per heavy atom. The van der Waals surface area contributed by atoms with Gasteiger partial charge in [0, 0.05) is 38.1 Å². The first-order valence-electron chi connectivity index (χ1n) is 20.8. The predicted molar refractivity (Wildman–Crippen MR) is 239 cm³/mol. The van der Waals surface area contributed by atoms with Gasteiger partial charge in [-0.15, -0.1) is 11.3 Å². The highest BCUT2D eigenvalue weighted by atomic mass is 32.1. The number of aromatic nitrogens is 1. The summed E-state index contributed by atoms with van der Waals surface area (Å²) in [6.07, 6.45) is -5.20. The third kappa shape index (κ3) is 11.4. The van der Waals surface area contributed by atoms with E-state index in [0.717, 1.165) is 27.8 Å². The van der Waals surface area contributed by atoms with Crippen molar-refractivity contribution >= 4 is 46.1 Å². The van der Waals surface area contributed by atoms with Crippen molar-refractivity contribution < 1.29 is 47.0 Å². The number of benzene rings is 4. The normalized spacial score (nSPS) is 15.6. The number of hydrogen-bond donors (Lipinski definition) is 3. The van der Waals surface area contributed by atoms with Crippen molar-refractivity contribution in [2.45, 2.75) is 57.6 Å². The molecule has 14 nitrogen and oxygen atoms in total. The van der Waals surface area contributed by atoms with Crippen molar-refractivity contribution in [2.75, 3.05) is 38.2 Å². The van der Waals surface area contributed by atoms with Crippen LogP contribution in [0.1, 0.15) is 60.7 Å². The van der Waals surface area contributed by atoms with E-state index in [1.807, 2.05) is 91.0 Å². The average molecular weight is 912 g/mol. The summed E-state index contributed by atoms with van der Waals surface area (Å²) in [5.41, 5.74) is 2.54. The number of oxime groups is 1. The molecule has 0 saturated carbocycles. The lowest BCUT2D eigenvalue weighted by molar-refractivity contribution is -0.169. The molecular formula is C47H48F3N7O7S. The number of nitrogens with zero attached hydrogens (tertiary/aromatic N) is 5. The lowest BCUT2D eigenvalue weighted by Gasteiger charge is -2.36. The Labute approximate surface area is 377 Å². The second kappa shape index (κ2) is 19.8. The highest BCUT2D eigenvalue weighted by Crippen LogP contribution is 2.41. The molecule has 65 heavy (non-hydrogen) atoms. The molecule has 4 aromatic carbocycles. The van der Waals surface area contributed by atoms with Crippen LogP contribution in [0.2, 0.25) is 0 Å². The number of rotatable bonds is 14. The van der Waals surface area contributed by atoms with Crippen molar-refractivity contribution in [1.82, 2.24) is 20.1 Å². The van der Waals surface area contributed by atoms with Crippen molar-refractivity contribution in [3.05, 3.63) is 148 Å². The number of carbonyl (C=O) groups excluding carboxylic acids is 2. The summed E-state index contributed by atoms with van der Waals surface area (Å²) >= 11 is 1.23. The Balaban J connectivity index is 0.986. The molecule has 340 valence electrons. The minimum atomic E-state index is -5.16. The Morgan fingerprint density at radius 2 is 1.46 bits per heavy atom. The Hall–Kier alpha value is -6.95. The molecule has 3 N–H and O–H groups in total. The molecule has 1 saturated heterocycles. The quantitative estimate of drug-likeness (QED) is 0.0325. The monoisotopic (exact) mass is 911 g/mol. The van der Waals surface area contributed by atoms with E-state index in [2.05, 4.69) is 25.8 Å². The van der Waals surface area contributed by atoms with Crippen LogP contribution in [0, 0.1) is 5.92 Å². The standard InChI is InChI=1S/C47H48F3N7O7S/c1-45(2,3)64-44(61)51-26-31-21-22-56(27-31)43(53-41(60)47(48,49)50)57-28-32-19-20-37(25-33(32)29-57)62-23-24-63-55-39(40(58)59)38-30-65-42(52-38)54-46(34-13-7-4-8-14-34,35-15-9-5-10-16-35)36-17-11-6-12-18-36/h4-20,25,30-31H,21-24,26-29H2,1-3H3,(H,51,61)(H,52,54)(H,58,59)/b53-43?,55-39-. The molecule has 0 aliphatic carbocycles. The van der Waals surface area contributed by atoms with E-state index < -0.39 is 41.0 Å². The molecule has 0 radical (unpaired) electrons. The first-order chi connectivity index (χ1) is 31.1. The summed E-state index contributed by atoms with van der Waals surface area (Å²) < 4.78 is 51.5. The number of alkyl halides is 3. The SMILES string of the molecule is CC(C)(C)OC(=O)NCC1CCN(C(=NC(=O)C(F)(F)F)N2Cc3ccc(OCCO/N=C(\C(=O)O)c4csc(NC(c5ccccc5)(c5ccccc5)c5ccccc5)n4)cc3C2)C1. The van der Waals surface area contributed by atoms with Gasteiger partial charge in [-0.05, 0) is 73.1 Å². The molecule has 1 aromatic heterocycles. The number of carbonyl (C=O) groups is 3. The maximum atomic E-state index is 13.5. The molecule has 0 bridgehead atoms. The van der Waals surface area contributed by atoms with Gasteiger partial charge in [-0.3, -0.25) is 4.79 Å². The van der Waals surface area contributed by atoms with Crippen LogP contribution in [0.25, 0.3) is 0 Å². The first kappa shape index (κ1) is 46.1. The molecule has 0 spiro atoms. The summed E-state index contributed by atoms with van der Waals surface area (Å²) in [6.45, 7) is 6.28. The molecule has 2 amide bonds. The molecule has 1 atom stereocenters. The van der Waals surface area contributed by atoms with Gasteiger partial charge in [0.25, 0.3) is 0 Å². The van der Waals surface area contributed by atoms with E-state index in [-0.39, 0.29) is 57.0 Å². The topological polar surface area (TPSA) is 167 Å². The van der Waals surface area contributed by atoms with Crippen molar-refractivity contribution in [1.29, 1.82) is 0 Å². The lowest BCUT2D eigenvalue weighted by Crippen LogP contribution is -2.43. The zero-order chi connectivity index (χ0) is 46.2. The van der Waals surface area contributed by atoms with Crippen LogP contribution < -0.4 is 15.4 Å². The first-order valence-corrected chi connectivity index (χ1v) is 21.7. The number of thiazole rings is 1. The third-order valence-electron chi connectivity index (χ3n) is 10.6. The number of carboxylic acids is 1. The Bertz CT molecular complexity index is 2420. The Kier molecular flexibility index (Phi) is 14.1. The van der Waals surface area contributed by atoms with Gasteiger partial charge >= 0.3 is 24.1 Å². The molecule has 5 aromatic rings. The molecule has 1 fully saturated rings. The number of halogens is 3. The van der Waals surface area contributed by atoms with Crippen LogP contribution >= 0.6 is 11.3 Å². The average Bonchev–Trinajstić information content (AvgIpc) is 4.05. The molecule has 2 aliphatic rings. The highest BCUT2D eigenvalue weighted by molar-refractivity contribution is 7.14. The second-order valence-corrected chi connectivity index (χ2v) is 17.3. The number of guanidine groups is 1. The van der Waals surface area contributed by atoms with Crippen LogP contribution in [0.4, 0.5) is 23.1 Å². The predicted octanol–water partition coefficient (Wildman–Crippen LogP) is 8.04. The zero-order valence-electron chi connectivity index (χ0n) is 35.9. The number of aliphatic imine (C=N–C) groups is 1. The fourth-order valence-electron chi connectivity index (χ4n) is 7.70. The smallest absolute Gasteiger partial charge is 0.473 e. The van der Waals surface area contributed by atoms with Crippen molar-refractivity contribution in [2.24, 2.45) is 16.1 Å². The van der Waals surface area contributed by atoms with Gasteiger partial charge in [-0.25, -0.2) is 14.6 Å². The van der Waals surface area contributed by atoms with Crippen LogP contribution in [-0.2, 0) is 37.8 Å². The zero-order valence-corrected chi connectivity index (χ0v) is 36.7. The van der Waals surface area contributed by atoms with Crippen molar-refractivity contribution in [3.63, 3.8) is 0 Å². The number of nitrogens with one attached hydrogen (secondary N) is 2. The number of fused-ring (bicyclic) bond motifs is 1. The van der Waals surface area contributed by atoms with Gasteiger partial charge in [0.1, 0.15) is 29.2 Å². The number of ether oxygens (including phenoxy) is 2. The van der Waals surface area contributed by atoms with Crippen molar-refractivity contribution in [3.8, 4) is 5.75 Å². The number of alkyl carbamates (subject to hydrolysis) is 1. The second-order valence-electron chi connectivity index (χ2n) is 16.4. The number of likely N-dealkylation sites (tertiary alicyclic amines) is 1. The maximum Gasteiger partial charge on any atom is 0.473 e. The molecular weight excluding hydrogens is 864 g/mol. The lowest BCUT2D eigenvalue weighted by atomic mass is 9.77. The summed E-state index contributed by atoms with van der Waals surface area (Å²) in [7, 11) is 0. The van der Waals surface area contributed by atoms with E-state index >= 15 is 0 Å². The van der Waals surface area contributed by atoms with Gasteiger partial charge in [0.05, 0.1) is 0 Å².